The van der Waals surface area contributed by atoms with Crippen molar-refractivity contribution in [3.05, 3.63) is 70.8 Å². The highest BCUT2D eigenvalue weighted by molar-refractivity contribution is 6.46. The van der Waals surface area contributed by atoms with E-state index >= 15 is 0 Å². The standard InChI is InChI=1S/C26H32N2O4/c1-5-16-32-21-9-7-8-20(17-21)24(29)22-23(19-12-10-18(6-2)11-13-19)28(15-14-27(3)4)26(31)25(22)30/h7-13,17,23,29H,5-6,14-16H2,1-4H3. The first-order valence-electron chi connectivity index (χ1n) is 11.1. The summed E-state index contributed by atoms with van der Waals surface area (Å²) < 4.78 is 5.68. The van der Waals surface area contributed by atoms with E-state index in [4.69, 9.17) is 4.74 Å². The Morgan fingerprint density at radius 2 is 1.81 bits per heavy atom. The summed E-state index contributed by atoms with van der Waals surface area (Å²) in [6, 6.07) is 14.2. The van der Waals surface area contributed by atoms with Crippen LogP contribution in [0.2, 0.25) is 0 Å². The molecule has 1 aliphatic rings. The molecular formula is C26H32N2O4. The second-order valence-electron chi connectivity index (χ2n) is 8.27. The highest BCUT2D eigenvalue weighted by atomic mass is 16.5. The maximum Gasteiger partial charge on any atom is 0.295 e. The number of aliphatic hydroxyl groups is 1. The van der Waals surface area contributed by atoms with Gasteiger partial charge in [0.2, 0.25) is 0 Å². The summed E-state index contributed by atoms with van der Waals surface area (Å²) in [6.07, 6.45) is 1.76. The first-order valence-corrected chi connectivity index (χ1v) is 11.1. The molecule has 1 saturated heterocycles. The number of likely N-dealkylation sites (tertiary alicyclic amines) is 1. The van der Waals surface area contributed by atoms with Gasteiger partial charge in [0.1, 0.15) is 11.5 Å². The zero-order valence-electron chi connectivity index (χ0n) is 19.3. The highest BCUT2D eigenvalue weighted by Crippen LogP contribution is 2.39. The van der Waals surface area contributed by atoms with Gasteiger partial charge in [-0.1, -0.05) is 50.2 Å². The maximum absolute atomic E-state index is 13.1. The molecule has 1 heterocycles. The van der Waals surface area contributed by atoms with Crippen molar-refractivity contribution in [2.75, 3.05) is 33.8 Å². The van der Waals surface area contributed by atoms with E-state index in [-0.39, 0.29) is 11.3 Å². The largest absolute Gasteiger partial charge is 0.507 e. The van der Waals surface area contributed by atoms with Crippen LogP contribution in [-0.4, -0.2) is 60.4 Å². The smallest absolute Gasteiger partial charge is 0.295 e. The third-order valence-electron chi connectivity index (χ3n) is 5.61. The monoisotopic (exact) mass is 436 g/mol. The summed E-state index contributed by atoms with van der Waals surface area (Å²) in [5.41, 5.74) is 2.55. The molecule has 6 nitrogen and oxygen atoms in total. The predicted molar refractivity (Wildman–Crippen MR) is 126 cm³/mol. The molecule has 0 spiro atoms. The van der Waals surface area contributed by atoms with Crippen LogP contribution < -0.4 is 4.74 Å². The third kappa shape index (κ3) is 5.02. The minimum atomic E-state index is -0.661. The Morgan fingerprint density at radius 3 is 2.44 bits per heavy atom. The lowest BCUT2D eigenvalue weighted by molar-refractivity contribution is -0.140. The summed E-state index contributed by atoms with van der Waals surface area (Å²) >= 11 is 0. The van der Waals surface area contributed by atoms with Crippen molar-refractivity contribution < 1.29 is 19.4 Å². The zero-order chi connectivity index (χ0) is 23.3. The summed E-state index contributed by atoms with van der Waals surface area (Å²) in [6.45, 7) is 5.64. The number of carbonyl (C=O) groups is 2. The number of likely N-dealkylation sites (N-methyl/N-ethyl adjacent to an activating group) is 1. The van der Waals surface area contributed by atoms with Crippen molar-refractivity contribution >= 4 is 17.4 Å². The van der Waals surface area contributed by atoms with Crippen LogP contribution in [-0.2, 0) is 16.0 Å². The lowest BCUT2D eigenvalue weighted by Crippen LogP contribution is -2.35. The van der Waals surface area contributed by atoms with Crippen LogP contribution in [0.3, 0.4) is 0 Å². The van der Waals surface area contributed by atoms with Gasteiger partial charge in [0.05, 0.1) is 18.2 Å². The molecule has 2 aromatic rings. The minimum Gasteiger partial charge on any atom is -0.507 e. The molecule has 0 aromatic heterocycles. The molecule has 6 heteroatoms. The van der Waals surface area contributed by atoms with Gasteiger partial charge in [0.15, 0.2) is 0 Å². The van der Waals surface area contributed by atoms with Crippen molar-refractivity contribution in [3.63, 3.8) is 0 Å². The third-order valence-corrected chi connectivity index (χ3v) is 5.61. The number of carbonyl (C=O) groups excluding carboxylic acids is 2. The van der Waals surface area contributed by atoms with Gasteiger partial charge in [-0.25, -0.2) is 0 Å². The van der Waals surface area contributed by atoms with Crippen LogP contribution in [0.25, 0.3) is 5.76 Å². The molecule has 1 fully saturated rings. The van der Waals surface area contributed by atoms with E-state index < -0.39 is 17.7 Å². The van der Waals surface area contributed by atoms with Gasteiger partial charge in [-0.3, -0.25) is 9.59 Å². The Labute approximate surface area is 190 Å². The van der Waals surface area contributed by atoms with Crippen LogP contribution >= 0.6 is 0 Å². The molecule has 0 saturated carbocycles. The Hall–Kier alpha value is -3.12. The first kappa shape index (κ1) is 23.5. The predicted octanol–water partition coefficient (Wildman–Crippen LogP) is 4.02. The normalized spacial score (nSPS) is 17.9. The number of ketones is 1. The number of amides is 1. The van der Waals surface area contributed by atoms with Gasteiger partial charge in [0.25, 0.3) is 11.7 Å². The number of aryl methyl sites for hydroxylation is 1. The van der Waals surface area contributed by atoms with Crippen molar-refractivity contribution in [1.29, 1.82) is 0 Å². The zero-order valence-corrected chi connectivity index (χ0v) is 19.3. The number of aliphatic hydroxyl groups excluding tert-OH is 1. The Kier molecular flexibility index (Phi) is 7.70. The number of benzene rings is 2. The van der Waals surface area contributed by atoms with Crippen molar-refractivity contribution in [3.8, 4) is 5.75 Å². The molecule has 3 rings (SSSR count). The lowest BCUT2D eigenvalue weighted by Gasteiger charge is -2.26. The van der Waals surface area contributed by atoms with Gasteiger partial charge < -0.3 is 19.6 Å². The number of hydrogen-bond donors (Lipinski definition) is 1. The Balaban J connectivity index is 2.09. The fourth-order valence-corrected chi connectivity index (χ4v) is 3.81. The number of nitrogens with zero attached hydrogens (tertiary/aromatic N) is 2. The molecule has 32 heavy (non-hydrogen) atoms. The minimum absolute atomic E-state index is 0.116. The molecule has 1 unspecified atom stereocenters. The van der Waals surface area contributed by atoms with Gasteiger partial charge >= 0.3 is 0 Å². The summed E-state index contributed by atoms with van der Waals surface area (Å²) in [7, 11) is 3.84. The fourth-order valence-electron chi connectivity index (χ4n) is 3.81. The van der Waals surface area contributed by atoms with Crippen molar-refractivity contribution in [1.82, 2.24) is 9.80 Å². The first-order chi connectivity index (χ1) is 15.4. The van der Waals surface area contributed by atoms with E-state index in [1.807, 2.05) is 56.3 Å². The SMILES string of the molecule is CCCOc1cccc(C(O)=C2C(=O)C(=O)N(CCN(C)C)C2c2ccc(CC)cc2)c1. The Bertz CT molecular complexity index is 995. The maximum atomic E-state index is 13.1. The molecule has 170 valence electrons. The van der Waals surface area contributed by atoms with E-state index in [0.29, 0.717) is 31.0 Å². The van der Waals surface area contributed by atoms with Crippen LogP contribution in [0, 0.1) is 0 Å². The van der Waals surface area contributed by atoms with Crippen molar-refractivity contribution in [2.24, 2.45) is 0 Å². The highest BCUT2D eigenvalue weighted by Gasteiger charge is 2.45. The summed E-state index contributed by atoms with van der Waals surface area (Å²) in [5.74, 6) is -0.814. The molecule has 1 atom stereocenters. The second-order valence-corrected chi connectivity index (χ2v) is 8.27. The number of rotatable bonds is 9. The second kappa shape index (κ2) is 10.5. The van der Waals surface area contributed by atoms with Gasteiger partial charge in [-0.05, 0) is 50.2 Å². The van der Waals surface area contributed by atoms with Crippen LogP contribution in [0.5, 0.6) is 5.75 Å². The number of Topliss-reactive ketones (excluding diaryl/α,β-unsaturated/α-hetero) is 1. The summed E-state index contributed by atoms with van der Waals surface area (Å²) in [4.78, 5) is 29.6. The van der Waals surface area contributed by atoms with E-state index in [9.17, 15) is 14.7 Å². The average Bonchev–Trinajstić information content (AvgIpc) is 3.06. The van der Waals surface area contributed by atoms with Gasteiger partial charge in [-0.2, -0.15) is 0 Å². The van der Waals surface area contributed by atoms with Crippen LogP contribution in [0.4, 0.5) is 0 Å². The Morgan fingerprint density at radius 1 is 1.09 bits per heavy atom. The molecular weight excluding hydrogens is 404 g/mol. The summed E-state index contributed by atoms with van der Waals surface area (Å²) in [5, 5.41) is 11.2. The molecule has 0 bridgehead atoms. The van der Waals surface area contributed by atoms with Gasteiger partial charge in [-0.15, -0.1) is 0 Å². The molecule has 0 radical (unpaired) electrons. The lowest BCUT2D eigenvalue weighted by atomic mass is 9.94. The van der Waals surface area contributed by atoms with Gasteiger partial charge in [0, 0.05) is 18.7 Å². The molecule has 1 aliphatic heterocycles. The van der Waals surface area contributed by atoms with Crippen LogP contribution in [0.1, 0.15) is 43.0 Å². The molecule has 2 aromatic carbocycles. The van der Waals surface area contributed by atoms with Crippen molar-refractivity contribution in [2.45, 2.75) is 32.7 Å². The van der Waals surface area contributed by atoms with E-state index in [2.05, 4.69) is 6.92 Å². The average molecular weight is 437 g/mol. The van der Waals surface area contributed by atoms with E-state index in [0.717, 1.165) is 18.4 Å². The fraction of sp³-hybridized carbons (Fsp3) is 0.385. The van der Waals surface area contributed by atoms with E-state index in [1.165, 1.54) is 5.56 Å². The molecule has 1 amide bonds. The van der Waals surface area contributed by atoms with E-state index in [1.54, 1.807) is 23.1 Å². The number of ether oxygens (including phenoxy) is 1. The van der Waals surface area contributed by atoms with Crippen LogP contribution in [0.15, 0.2) is 54.1 Å². The number of hydrogen-bond acceptors (Lipinski definition) is 5. The molecule has 1 N–H and O–H groups in total. The quantitative estimate of drug-likeness (QED) is 0.365. The topological polar surface area (TPSA) is 70.1 Å². The molecule has 0 aliphatic carbocycles.